The lowest BCUT2D eigenvalue weighted by Gasteiger charge is -2.13. The van der Waals surface area contributed by atoms with Gasteiger partial charge in [-0.2, -0.15) is 0 Å². The van der Waals surface area contributed by atoms with E-state index >= 15 is 0 Å². The van der Waals surface area contributed by atoms with Crippen LogP contribution in [0.4, 0.5) is 0 Å². The zero-order valence-corrected chi connectivity index (χ0v) is 16.5. The van der Waals surface area contributed by atoms with Crippen molar-refractivity contribution in [2.45, 2.75) is 70.6 Å². The third-order valence-electron chi connectivity index (χ3n) is 3.91. The normalized spacial score (nSPS) is 11.7. The number of allylic oxidation sites excluding steroid dienone is 1. The maximum absolute atomic E-state index is 12.1. The van der Waals surface area contributed by atoms with E-state index in [2.05, 4.69) is 20.4 Å². The van der Waals surface area contributed by atoms with Gasteiger partial charge in [-0.25, -0.2) is 0 Å². The number of carbonyl (C=O) groups excluding carboxylic acids is 2. The highest BCUT2D eigenvalue weighted by Gasteiger charge is 2.16. The molecule has 0 aliphatic rings. The van der Waals surface area contributed by atoms with Crippen LogP contribution < -0.4 is 9.47 Å². The van der Waals surface area contributed by atoms with Gasteiger partial charge in [0.1, 0.15) is 0 Å². The zero-order valence-electron chi connectivity index (χ0n) is 15.8. The van der Waals surface area contributed by atoms with Gasteiger partial charge in [-0.3, -0.25) is 9.59 Å². The molecule has 0 radical (unpaired) electrons. The number of hydrogen-bond acceptors (Lipinski definition) is 4. The molecule has 0 bridgehead atoms. The summed E-state index contributed by atoms with van der Waals surface area (Å²) in [7, 11) is 0. The van der Waals surface area contributed by atoms with E-state index in [1.54, 1.807) is 24.3 Å². The van der Waals surface area contributed by atoms with Crippen LogP contribution in [0.15, 0.2) is 30.9 Å². The Balaban J connectivity index is 2.87. The van der Waals surface area contributed by atoms with Crippen LogP contribution in [0.2, 0.25) is 0 Å². The molecule has 0 aliphatic heterocycles. The van der Waals surface area contributed by atoms with Crippen molar-refractivity contribution in [3.63, 3.8) is 0 Å². The lowest BCUT2D eigenvalue weighted by atomic mass is 10.1. The molecule has 0 aliphatic carbocycles. The van der Waals surface area contributed by atoms with Crippen molar-refractivity contribution in [2.75, 3.05) is 0 Å². The number of alkyl halides is 1. The summed E-state index contributed by atoms with van der Waals surface area (Å²) in [6, 6.07) is 4.98. The smallest absolute Gasteiger partial charge is 0.311 e. The molecule has 0 spiro atoms. The van der Waals surface area contributed by atoms with Crippen LogP contribution in [-0.4, -0.2) is 11.9 Å². The van der Waals surface area contributed by atoms with Crippen molar-refractivity contribution in [3.8, 4) is 11.5 Å². The Kier molecular flexibility index (Phi) is 10.7. The molecule has 1 unspecified atom stereocenters. The van der Waals surface area contributed by atoms with Crippen LogP contribution in [0.1, 0.15) is 76.2 Å². The second-order valence-corrected chi connectivity index (χ2v) is 6.68. The fourth-order valence-corrected chi connectivity index (χ4v) is 2.52. The van der Waals surface area contributed by atoms with E-state index in [1.165, 1.54) is 0 Å². The zero-order chi connectivity index (χ0) is 19.4. The maximum atomic E-state index is 12.1. The van der Waals surface area contributed by atoms with Gasteiger partial charge in [-0.05, 0) is 30.5 Å². The minimum absolute atomic E-state index is 0.223. The van der Waals surface area contributed by atoms with Crippen LogP contribution in [0.3, 0.4) is 0 Å². The molecule has 1 aromatic rings. The lowest BCUT2D eigenvalue weighted by molar-refractivity contribution is -0.137. The second-order valence-electron chi connectivity index (χ2n) is 6.21. The highest BCUT2D eigenvalue weighted by Crippen LogP contribution is 2.33. The molecule has 5 heteroatoms. The second kappa shape index (κ2) is 12.5. The van der Waals surface area contributed by atoms with Crippen molar-refractivity contribution >= 4 is 23.5 Å². The summed E-state index contributed by atoms with van der Waals surface area (Å²) in [5.74, 6) is -0.211. The predicted molar refractivity (Wildman–Crippen MR) is 105 cm³/mol. The summed E-state index contributed by atoms with van der Waals surface area (Å²) in [6.45, 7) is 7.81. The Bertz CT molecular complexity index is 598. The molecule has 4 nitrogen and oxygen atoms in total. The average molecular weight is 381 g/mol. The number of hydrogen-bond donors (Lipinski definition) is 0. The van der Waals surface area contributed by atoms with Crippen LogP contribution in [0.25, 0.3) is 0 Å². The van der Waals surface area contributed by atoms with Gasteiger partial charge in [0, 0.05) is 12.8 Å². The summed E-state index contributed by atoms with van der Waals surface area (Å²) in [4.78, 5) is 24.1. The van der Waals surface area contributed by atoms with Gasteiger partial charge in [0.15, 0.2) is 11.5 Å². The van der Waals surface area contributed by atoms with E-state index < -0.39 is 5.38 Å². The number of esters is 2. The van der Waals surface area contributed by atoms with Gasteiger partial charge in [-0.15, -0.1) is 18.2 Å². The van der Waals surface area contributed by atoms with E-state index in [1.807, 2.05) is 0 Å². The minimum Gasteiger partial charge on any atom is -0.423 e. The summed E-state index contributed by atoms with van der Waals surface area (Å²) >= 11 is 6.18. The van der Waals surface area contributed by atoms with Crippen molar-refractivity contribution < 1.29 is 19.1 Å². The number of rotatable bonds is 12. The third-order valence-corrected chi connectivity index (χ3v) is 4.34. The molecule has 0 fully saturated rings. The van der Waals surface area contributed by atoms with E-state index in [9.17, 15) is 9.59 Å². The molecule has 0 N–H and O–H groups in total. The first-order valence-corrected chi connectivity index (χ1v) is 9.77. The molecule has 1 rings (SSSR count). The molecular weight excluding hydrogens is 352 g/mol. The van der Waals surface area contributed by atoms with Crippen molar-refractivity contribution in [3.05, 3.63) is 36.4 Å². The van der Waals surface area contributed by atoms with Crippen LogP contribution in [0.5, 0.6) is 11.5 Å². The van der Waals surface area contributed by atoms with Crippen LogP contribution >= 0.6 is 11.6 Å². The van der Waals surface area contributed by atoms with Gasteiger partial charge in [0.25, 0.3) is 0 Å². The first kappa shape index (κ1) is 22.2. The van der Waals surface area contributed by atoms with E-state index in [0.29, 0.717) is 12.8 Å². The maximum Gasteiger partial charge on any atom is 0.311 e. The van der Waals surface area contributed by atoms with E-state index in [-0.39, 0.29) is 23.4 Å². The van der Waals surface area contributed by atoms with Gasteiger partial charge in [0.05, 0.1) is 5.38 Å². The van der Waals surface area contributed by atoms with E-state index in [0.717, 1.165) is 44.1 Å². The van der Waals surface area contributed by atoms with Gasteiger partial charge in [0.2, 0.25) is 0 Å². The number of unbranched alkanes of at least 4 members (excludes halogenated alkanes) is 4. The summed E-state index contributed by atoms with van der Waals surface area (Å²) in [5.41, 5.74) is 0.726. The fourth-order valence-electron chi connectivity index (χ4n) is 2.38. The van der Waals surface area contributed by atoms with Crippen LogP contribution in [-0.2, 0) is 9.59 Å². The largest absolute Gasteiger partial charge is 0.423 e. The summed E-state index contributed by atoms with van der Waals surface area (Å²) < 4.78 is 10.8. The standard InChI is InChI=1S/C21H29ClO4/c1-4-7-9-11-20(23)25-18-14-13-16(17(22)6-3)15-19(18)26-21(24)12-10-8-5-2/h6,13-15,17H,3-5,7-12H2,1-2H3. The number of benzene rings is 1. The first-order valence-electron chi connectivity index (χ1n) is 9.33. The summed E-state index contributed by atoms with van der Waals surface area (Å²) in [6.07, 6.45) is 7.79. The Morgan fingerprint density at radius 2 is 1.54 bits per heavy atom. The van der Waals surface area contributed by atoms with Crippen molar-refractivity contribution in [1.29, 1.82) is 0 Å². The Morgan fingerprint density at radius 1 is 1.00 bits per heavy atom. The average Bonchev–Trinajstić information content (AvgIpc) is 2.63. The molecule has 0 amide bonds. The van der Waals surface area contributed by atoms with Crippen LogP contribution in [0, 0.1) is 0 Å². The molecule has 0 saturated carbocycles. The van der Waals surface area contributed by atoms with Gasteiger partial charge < -0.3 is 9.47 Å². The SMILES string of the molecule is C=CC(Cl)c1ccc(OC(=O)CCCCC)c(OC(=O)CCCCC)c1. The first-order chi connectivity index (χ1) is 12.5. The lowest BCUT2D eigenvalue weighted by Crippen LogP contribution is -2.12. The molecule has 144 valence electrons. The monoisotopic (exact) mass is 380 g/mol. The molecule has 1 atom stereocenters. The fraction of sp³-hybridized carbons (Fsp3) is 0.524. The molecule has 0 aromatic heterocycles. The predicted octanol–water partition coefficient (Wildman–Crippen LogP) is 6.12. The highest BCUT2D eigenvalue weighted by molar-refractivity contribution is 6.21. The topological polar surface area (TPSA) is 52.6 Å². The molecule has 1 aromatic carbocycles. The highest BCUT2D eigenvalue weighted by atomic mass is 35.5. The number of halogens is 1. The number of ether oxygens (including phenoxy) is 2. The van der Waals surface area contributed by atoms with Crippen molar-refractivity contribution in [1.82, 2.24) is 0 Å². The van der Waals surface area contributed by atoms with Crippen molar-refractivity contribution in [2.24, 2.45) is 0 Å². The van der Waals surface area contributed by atoms with E-state index in [4.69, 9.17) is 21.1 Å². The summed E-state index contributed by atoms with van der Waals surface area (Å²) in [5, 5.41) is -0.415. The van der Waals surface area contributed by atoms with Gasteiger partial charge in [-0.1, -0.05) is 51.7 Å². The molecule has 0 saturated heterocycles. The molecule has 0 heterocycles. The molecule has 26 heavy (non-hydrogen) atoms. The third kappa shape index (κ3) is 8.05. The number of carbonyl (C=O) groups is 2. The quantitative estimate of drug-likeness (QED) is 0.144. The minimum atomic E-state index is -0.415. The Labute approximate surface area is 161 Å². The van der Waals surface area contributed by atoms with Gasteiger partial charge >= 0.3 is 11.9 Å². The Morgan fingerprint density at radius 3 is 2.04 bits per heavy atom. The Hall–Kier alpha value is -1.81. The molecular formula is C21H29ClO4.